The molecule has 2 rings (SSSR count). The molecule has 0 aliphatic heterocycles. The molecule has 1 unspecified atom stereocenters. The van der Waals surface area contributed by atoms with Gasteiger partial charge in [0.25, 0.3) is 5.91 Å². The van der Waals surface area contributed by atoms with Gasteiger partial charge in [-0.15, -0.1) is 0 Å². The second-order valence-corrected chi connectivity index (χ2v) is 8.08. The number of unbranched alkanes of at least 4 members (excludes halogenated alkanes) is 1. The minimum atomic E-state index is -3.73. The van der Waals surface area contributed by atoms with Gasteiger partial charge in [0.2, 0.25) is 10.0 Å². The fraction of sp³-hybridized carbons (Fsp3) is 0.350. The fourth-order valence-electron chi connectivity index (χ4n) is 2.62. The summed E-state index contributed by atoms with van der Waals surface area (Å²) in [5, 5.41) is 0. The van der Waals surface area contributed by atoms with Crippen LogP contribution in [0.5, 0.6) is 0 Å². The van der Waals surface area contributed by atoms with E-state index in [9.17, 15) is 13.2 Å². The number of benzene rings is 2. The minimum absolute atomic E-state index is 0.0926. The van der Waals surface area contributed by atoms with E-state index in [1.807, 2.05) is 30.3 Å². The van der Waals surface area contributed by atoms with Crippen molar-refractivity contribution in [2.75, 3.05) is 13.6 Å². The van der Waals surface area contributed by atoms with Crippen molar-refractivity contribution in [3.05, 3.63) is 65.7 Å². The SMILES string of the molecule is CCCCN(C)C(=O)c1cccc(S(=O)(=O)NC(C)c2ccccc2)c1. The van der Waals surface area contributed by atoms with E-state index in [2.05, 4.69) is 11.6 Å². The average Bonchev–Trinajstić information content (AvgIpc) is 2.66. The zero-order valence-electron chi connectivity index (χ0n) is 15.5. The van der Waals surface area contributed by atoms with E-state index in [-0.39, 0.29) is 16.8 Å². The second kappa shape index (κ2) is 8.96. The Labute approximate surface area is 156 Å². The molecule has 0 saturated heterocycles. The van der Waals surface area contributed by atoms with Gasteiger partial charge >= 0.3 is 0 Å². The maximum absolute atomic E-state index is 12.7. The summed E-state index contributed by atoms with van der Waals surface area (Å²) in [4.78, 5) is 14.2. The van der Waals surface area contributed by atoms with Gasteiger partial charge in [-0.3, -0.25) is 4.79 Å². The topological polar surface area (TPSA) is 66.5 Å². The predicted octanol–water partition coefficient (Wildman–Crippen LogP) is 3.60. The number of rotatable bonds is 8. The molecule has 0 fully saturated rings. The monoisotopic (exact) mass is 374 g/mol. The number of nitrogens with one attached hydrogen (secondary N) is 1. The molecule has 5 nitrogen and oxygen atoms in total. The highest BCUT2D eigenvalue weighted by molar-refractivity contribution is 7.89. The molecule has 0 aliphatic carbocycles. The van der Waals surface area contributed by atoms with Crippen molar-refractivity contribution in [3.63, 3.8) is 0 Å². The maximum atomic E-state index is 12.7. The molecular weight excluding hydrogens is 348 g/mol. The van der Waals surface area contributed by atoms with Crippen LogP contribution < -0.4 is 4.72 Å². The van der Waals surface area contributed by atoms with Crippen molar-refractivity contribution < 1.29 is 13.2 Å². The summed E-state index contributed by atoms with van der Waals surface area (Å²) >= 11 is 0. The lowest BCUT2D eigenvalue weighted by atomic mass is 10.1. The number of hydrogen-bond donors (Lipinski definition) is 1. The third kappa shape index (κ3) is 5.16. The van der Waals surface area contributed by atoms with Crippen molar-refractivity contribution in [1.82, 2.24) is 9.62 Å². The third-order valence-corrected chi connectivity index (χ3v) is 5.75. The van der Waals surface area contributed by atoms with Gasteiger partial charge in [0.1, 0.15) is 0 Å². The highest BCUT2D eigenvalue weighted by Gasteiger charge is 2.20. The Bertz CT molecular complexity index is 835. The first-order valence-electron chi connectivity index (χ1n) is 8.78. The van der Waals surface area contributed by atoms with Crippen LogP contribution in [0.25, 0.3) is 0 Å². The van der Waals surface area contributed by atoms with E-state index in [1.165, 1.54) is 12.1 Å². The molecule has 0 spiro atoms. The van der Waals surface area contributed by atoms with Gasteiger partial charge in [-0.2, -0.15) is 0 Å². The first-order valence-corrected chi connectivity index (χ1v) is 10.3. The zero-order chi connectivity index (χ0) is 19.2. The summed E-state index contributed by atoms with van der Waals surface area (Å²) in [5.41, 5.74) is 1.25. The van der Waals surface area contributed by atoms with E-state index in [0.29, 0.717) is 12.1 Å². The van der Waals surface area contributed by atoms with Gasteiger partial charge in [-0.05, 0) is 37.1 Å². The van der Waals surface area contributed by atoms with Crippen LogP contribution in [-0.4, -0.2) is 32.8 Å². The van der Waals surface area contributed by atoms with E-state index in [4.69, 9.17) is 0 Å². The second-order valence-electron chi connectivity index (χ2n) is 6.36. The van der Waals surface area contributed by atoms with E-state index < -0.39 is 10.0 Å². The molecule has 0 radical (unpaired) electrons. The Morgan fingerprint density at radius 2 is 1.81 bits per heavy atom. The predicted molar refractivity (Wildman–Crippen MR) is 103 cm³/mol. The smallest absolute Gasteiger partial charge is 0.253 e. The number of sulfonamides is 1. The third-order valence-electron chi connectivity index (χ3n) is 4.22. The summed E-state index contributed by atoms with van der Waals surface area (Å²) in [6, 6.07) is 15.2. The summed E-state index contributed by atoms with van der Waals surface area (Å²) in [6.45, 7) is 4.50. The lowest BCUT2D eigenvalue weighted by molar-refractivity contribution is 0.0793. The van der Waals surface area contributed by atoms with Crippen molar-refractivity contribution in [3.8, 4) is 0 Å². The minimum Gasteiger partial charge on any atom is -0.342 e. The molecule has 2 aromatic rings. The average molecular weight is 375 g/mol. The molecule has 0 saturated carbocycles. The lowest BCUT2D eigenvalue weighted by Gasteiger charge is -2.18. The van der Waals surface area contributed by atoms with Crippen LogP contribution >= 0.6 is 0 Å². The Balaban J connectivity index is 2.18. The van der Waals surface area contributed by atoms with Crippen molar-refractivity contribution in [2.45, 2.75) is 37.6 Å². The molecule has 0 heterocycles. The quantitative estimate of drug-likeness (QED) is 0.768. The first kappa shape index (κ1) is 20.1. The van der Waals surface area contributed by atoms with E-state index >= 15 is 0 Å². The van der Waals surface area contributed by atoms with Crippen molar-refractivity contribution in [1.29, 1.82) is 0 Å². The van der Waals surface area contributed by atoms with Gasteiger partial charge in [-0.1, -0.05) is 49.7 Å². The molecule has 1 atom stereocenters. The summed E-state index contributed by atoms with van der Waals surface area (Å²) < 4.78 is 28.1. The van der Waals surface area contributed by atoms with Gasteiger partial charge in [0.05, 0.1) is 4.90 Å². The molecule has 0 aliphatic rings. The summed E-state index contributed by atoms with van der Waals surface area (Å²) in [5.74, 6) is -0.174. The van der Waals surface area contributed by atoms with Crippen molar-refractivity contribution in [2.24, 2.45) is 0 Å². The van der Waals surface area contributed by atoms with E-state index in [1.54, 1.807) is 31.0 Å². The summed E-state index contributed by atoms with van der Waals surface area (Å²) in [6.07, 6.45) is 1.91. The van der Waals surface area contributed by atoms with Crippen LogP contribution in [0.4, 0.5) is 0 Å². The van der Waals surface area contributed by atoms with Gasteiger partial charge in [0.15, 0.2) is 0 Å². The molecule has 26 heavy (non-hydrogen) atoms. The molecule has 6 heteroatoms. The van der Waals surface area contributed by atoms with Crippen LogP contribution in [0.1, 0.15) is 48.7 Å². The lowest BCUT2D eigenvalue weighted by Crippen LogP contribution is -2.29. The van der Waals surface area contributed by atoms with Crippen LogP contribution in [0, 0.1) is 0 Å². The number of carbonyl (C=O) groups excluding carboxylic acids is 1. The Morgan fingerprint density at radius 3 is 2.46 bits per heavy atom. The molecule has 1 N–H and O–H groups in total. The number of nitrogens with zero attached hydrogens (tertiary/aromatic N) is 1. The molecule has 2 aromatic carbocycles. The highest BCUT2D eigenvalue weighted by atomic mass is 32.2. The first-order chi connectivity index (χ1) is 12.3. The van der Waals surface area contributed by atoms with Crippen LogP contribution in [-0.2, 0) is 10.0 Å². The molecule has 140 valence electrons. The Morgan fingerprint density at radius 1 is 1.12 bits per heavy atom. The van der Waals surface area contributed by atoms with Gasteiger partial charge in [-0.25, -0.2) is 13.1 Å². The van der Waals surface area contributed by atoms with E-state index in [0.717, 1.165) is 18.4 Å². The van der Waals surface area contributed by atoms with Gasteiger partial charge in [0, 0.05) is 25.2 Å². The highest BCUT2D eigenvalue weighted by Crippen LogP contribution is 2.18. The molecule has 0 bridgehead atoms. The normalized spacial score (nSPS) is 12.6. The molecular formula is C20H26N2O3S. The Hall–Kier alpha value is -2.18. The van der Waals surface area contributed by atoms with Crippen molar-refractivity contribution >= 4 is 15.9 Å². The van der Waals surface area contributed by atoms with Gasteiger partial charge < -0.3 is 4.90 Å². The maximum Gasteiger partial charge on any atom is 0.253 e. The van der Waals surface area contributed by atoms with Crippen LogP contribution in [0.3, 0.4) is 0 Å². The number of hydrogen-bond acceptors (Lipinski definition) is 3. The summed E-state index contributed by atoms with van der Waals surface area (Å²) in [7, 11) is -2.00. The van der Waals surface area contributed by atoms with Crippen LogP contribution in [0.15, 0.2) is 59.5 Å². The standard InChI is InChI=1S/C20H26N2O3S/c1-4-5-14-22(3)20(23)18-12-9-13-19(15-18)26(24,25)21-16(2)17-10-7-6-8-11-17/h6-13,15-16,21H,4-5,14H2,1-3H3. The van der Waals surface area contributed by atoms with Crippen LogP contribution in [0.2, 0.25) is 0 Å². The zero-order valence-corrected chi connectivity index (χ0v) is 16.3. The fourth-order valence-corrected chi connectivity index (χ4v) is 3.90. The Kier molecular flexibility index (Phi) is 6.94. The number of carbonyl (C=O) groups is 1. The largest absolute Gasteiger partial charge is 0.342 e. The molecule has 0 aromatic heterocycles. The number of amides is 1. The molecule has 1 amide bonds.